The maximum atomic E-state index is 12.9. The topological polar surface area (TPSA) is 60.7 Å². The van der Waals surface area contributed by atoms with E-state index in [1.54, 1.807) is 6.20 Å². The molecule has 1 aliphatic heterocycles. The van der Waals surface area contributed by atoms with E-state index in [-0.39, 0.29) is 17.2 Å². The highest BCUT2D eigenvalue weighted by atomic mass is 127. The highest BCUT2D eigenvalue weighted by Gasteiger charge is 2.43. The number of aromatic nitrogens is 1. The van der Waals surface area contributed by atoms with Gasteiger partial charge < -0.3 is 19.1 Å². The molecule has 0 radical (unpaired) electrons. The SMILES string of the molecule is O=C(O)c1cc(I)cn1-c1ccc2c(c1)OC(F)(F)O2. The molecule has 0 saturated heterocycles. The van der Waals surface area contributed by atoms with Crippen molar-refractivity contribution >= 4 is 28.6 Å². The number of nitrogens with zero attached hydrogens (tertiary/aromatic N) is 1. The first-order chi connectivity index (χ1) is 9.35. The zero-order chi connectivity index (χ0) is 14.5. The summed E-state index contributed by atoms with van der Waals surface area (Å²) in [5, 5.41) is 9.12. The lowest BCUT2D eigenvalue weighted by molar-refractivity contribution is -0.286. The smallest absolute Gasteiger partial charge is 0.477 e. The van der Waals surface area contributed by atoms with Gasteiger partial charge in [-0.05, 0) is 40.8 Å². The van der Waals surface area contributed by atoms with Crippen LogP contribution in [-0.2, 0) is 0 Å². The largest absolute Gasteiger partial charge is 0.586 e. The number of fused-ring (bicyclic) bond motifs is 1. The van der Waals surface area contributed by atoms with Crippen molar-refractivity contribution in [1.82, 2.24) is 4.57 Å². The average Bonchev–Trinajstić information content (AvgIpc) is 2.86. The number of ether oxygens (including phenoxy) is 2. The minimum atomic E-state index is -3.69. The van der Waals surface area contributed by atoms with Crippen molar-refractivity contribution in [3.8, 4) is 17.2 Å². The van der Waals surface area contributed by atoms with Gasteiger partial charge in [-0.3, -0.25) is 0 Å². The zero-order valence-electron chi connectivity index (χ0n) is 9.64. The van der Waals surface area contributed by atoms with Gasteiger partial charge in [0.05, 0.1) is 0 Å². The molecule has 0 aliphatic carbocycles. The minimum absolute atomic E-state index is 0.0278. The number of carboxylic acid groups (broad SMARTS) is 1. The molecule has 2 heterocycles. The van der Waals surface area contributed by atoms with E-state index in [4.69, 9.17) is 5.11 Å². The summed E-state index contributed by atoms with van der Waals surface area (Å²) in [6.45, 7) is 0. The van der Waals surface area contributed by atoms with Gasteiger partial charge in [-0.2, -0.15) is 0 Å². The van der Waals surface area contributed by atoms with E-state index < -0.39 is 12.3 Å². The Hall–Kier alpha value is -1.84. The molecular weight excluding hydrogens is 387 g/mol. The molecule has 20 heavy (non-hydrogen) atoms. The van der Waals surface area contributed by atoms with Crippen LogP contribution in [0.4, 0.5) is 8.78 Å². The summed E-state index contributed by atoms with van der Waals surface area (Å²) >= 11 is 1.97. The fourth-order valence-electron chi connectivity index (χ4n) is 1.90. The third-order valence-electron chi connectivity index (χ3n) is 2.67. The van der Waals surface area contributed by atoms with E-state index in [1.165, 1.54) is 28.8 Å². The van der Waals surface area contributed by atoms with E-state index in [9.17, 15) is 13.6 Å². The lowest BCUT2D eigenvalue weighted by atomic mass is 10.2. The van der Waals surface area contributed by atoms with Crippen molar-refractivity contribution < 1.29 is 28.2 Å². The molecule has 0 unspecified atom stereocenters. The molecule has 5 nitrogen and oxygen atoms in total. The molecule has 2 aromatic rings. The number of rotatable bonds is 2. The molecule has 1 aromatic carbocycles. The predicted octanol–water partition coefficient (Wildman–Crippen LogP) is 3.10. The minimum Gasteiger partial charge on any atom is -0.477 e. The Morgan fingerprint density at radius 3 is 2.65 bits per heavy atom. The molecule has 3 rings (SSSR count). The van der Waals surface area contributed by atoms with Crippen LogP contribution < -0.4 is 9.47 Å². The van der Waals surface area contributed by atoms with Gasteiger partial charge in [-0.15, -0.1) is 8.78 Å². The second-order valence-corrected chi connectivity index (χ2v) is 5.26. The van der Waals surface area contributed by atoms with Crippen LogP contribution in [0.2, 0.25) is 0 Å². The predicted molar refractivity (Wildman–Crippen MR) is 71.6 cm³/mol. The first-order valence-electron chi connectivity index (χ1n) is 5.37. The first-order valence-corrected chi connectivity index (χ1v) is 6.45. The third kappa shape index (κ3) is 2.19. The molecule has 1 aromatic heterocycles. The molecule has 1 aliphatic rings. The van der Waals surface area contributed by atoms with Gasteiger partial charge in [-0.1, -0.05) is 0 Å². The van der Waals surface area contributed by atoms with Gasteiger partial charge >= 0.3 is 12.3 Å². The number of aromatic carboxylic acids is 1. The fourth-order valence-corrected chi connectivity index (χ4v) is 2.47. The number of halogens is 3. The average molecular weight is 393 g/mol. The van der Waals surface area contributed by atoms with Crippen LogP contribution in [0.15, 0.2) is 30.5 Å². The molecule has 8 heteroatoms. The van der Waals surface area contributed by atoms with Gasteiger partial charge in [0.25, 0.3) is 0 Å². The Kier molecular flexibility index (Phi) is 2.85. The third-order valence-corrected chi connectivity index (χ3v) is 3.26. The van der Waals surface area contributed by atoms with Gasteiger partial charge in [0.1, 0.15) is 5.69 Å². The normalized spacial score (nSPS) is 15.3. The molecule has 0 fully saturated rings. The van der Waals surface area contributed by atoms with Crippen molar-refractivity contribution in [2.24, 2.45) is 0 Å². The number of carboxylic acids is 1. The Morgan fingerprint density at radius 1 is 1.25 bits per heavy atom. The second-order valence-electron chi connectivity index (χ2n) is 4.02. The standard InChI is InChI=1S/C12H6F2INO4/c13-12(14)19-9-2-1-7(4-10(9)20-12)16-5-6(15)3-8(16)11(17)18/h1-5H,(H,17,18). The van der Waals surface area contributed by atoms with Crippen molar-refractivity contribution in [3.05, 3.63) is 39.7 Å². The van der Waals surface area contributed by atoms with E-state index in [0.29, 0.717) is 9.26 Å². The Morgan fingerprint density at radius 2 is 1.95 bits per heavy atom. The van der Waals surface area contributed by atoms with Crippen LogP contribution in [0.3, 0.4) is 0 Å². The molecular formula is C12H6F2INO4. The van der Waals surface area contributed by atoms with Crippen molar-refractivity contribution in [3.63, 3.8) is 0 Å². The van der Waals surface area contributed by atoms with E-state index >= 15 is 0 Å². The number of hydrogen-bond acceptors (Lipinski definition) is 3. The quantitative estimate of drug-likeness (QED) is 0.797. The van der Waals surface area contributed by atoms with Gasteiger partial charge in [0, 0.05) is 21.5 Å². The molecule has 0 amide bonds. The van der Waals surface area contributed by atoms with Gasteiger partial charge in [-0.25, -0.2) is 4.79 Å². The number of hydrogen-bond donors (Lipinski definition) is 1. The molecule has 104 valence electrons. The highest BCUT2D eigenvalue weighted by Crippen LogP contribution is 2.42. The number of alkyl halides is 2. The number of benzene rings is 1. The molecule has 0 atom stereocenters. The first kappa shape index (κ1) is 13.2. The lowest BCUT2D eigenvalue weighted by Gasteiger charge is -2.06. The summed E-state index contributed by atoms with van der Waals surface area (Å²) in [6, 6.07) is 5.57. The lowest BCUT2D eigenvalue weighted by Crippen LogP contribution is -2.25. The molecule has 1 N–H and O–H groups in total. The van der Waals surface area contributed by atoms with Gasteiger partial charge in [0.15, 0.2) is 11.5 Å². The highest BCUT2D eigenvalue weighted by molar-refractivity contribution is 14.1. The zero-order valence-corrected chi connectivity index (χ0v) is 11.8. The van der Waals surface area contributed by atoms with E-state index in [0.717, 1.165) is 0 Å². The van der Waals surface area contributed by atoms with E-state index in [2.05, 4.69) is 9.47 Å². The van der Waals surface area contributed by atoms with Crippen LogP contribution >= 0.6 is 22.6 Å². The maximum absolute atomic E-state index is 12.9. The van der Waals surface area contributed by atoms with Gasteiger partial charge in [0.2, 0.25) is 0 Å². The van der Waals surface area contributed by atoms with E-state index in [1.807, 2.05) is 22.6 Å². The summed E-state index contributed by atoms with van der Waals surface area (Å²) in [5.41, 5.74) is 0.422. The fraction of sp³-hybridized carbons (Fsp3) is 0.0833. The monoisotopic (exact) mass is 393 g/mol. The number of carbonyl (C=O) groups is 1. The van der Waals surface area contributed by atoms with Crippen LogP contribution in [0, 0.1) is 3.57 Å². The van der Waals surface area contributed by atoms with Crippen molar-refractivity contribution in [1.29, 1.82) is 0 Å². The molecule has 0 saturated carbocycles. The van der Waals surface area contributed by atoms with Crippen molar-refractivity contribution in [2.75, 3.05) is 0 Å². The summed E-state index contributed by atoms with van der Waals surface area (Å²) in [4.78, 5) is 11.1. The summed E-state index contributed by atoms with van der Waals surface area (Å²) in [5.74, 6) is -1.33. The Bertz CT molecular complexity index is 713. The molecule has 0 spiro atoms. The van der Waals surface area contributed by atoms with Crippen molar-refractivity contribution in [2.45, 2.75) is 6.29 Å². The Balaban J connectivity index is 2.08. The summed E-state index contributed by atoms with van der Waals surface area (Å²) in [7, 11) is 0. The maximum Gasteiger partial charge on any atom is 0.586 e. The van der Waals surface area contributed by atoms with Crippen LogP contribution in [0.25, 0.3) is 5.69 Å². The summed E-state index contributed by atoms with van der Waals surface area (Å²) < 4.78 is 36.6. The van der Waals surface area contributed by atoms with Crippen LogP contribution in [-0.4, -0.2) is 21.9 Å². The van der Waals surface area contributed by atoms with Crippen LogP contribution in [0.5, 0.6) is 11.5 Å². The summed E-state index contributed by atoms with van der Waals surface area (Å²) in [6.07, 6.45) is -2.11. The van der Waals surface area contributed by atoms with Crippen LogP contribution in [0.1, 0.15) is 10.5 Å². The Labute approximate surface area is 124 Å². The second kappa shape index (κ2) is 4.33. The molecule has 0 bridgehead atoms.